The fourth-order valence-corrected chi connectivity index (χ4v) is 5.05. The Balaban J connectivity index is 1.76. The molecule has 1 aliphatic carbocycles. The van der Waals surface area contributed by atoms with Gasteiger partial charge in [-0.2, -0.15) is 0 Å². The summed E-state index contributed by atoms with van der Waals surface area (Å²) in [7, 11) is 3.18. The Kier molecular flexibility index (Phi) is 7.39. The standard InChI is InChI=1S/C27H28ClNO5/c1-16-24(27(31)34-12-11-32-2)25(17-7-6-8-19(28)13-17)26-21(29-16)14-18(15-22(26)30)20-9-4-5-10-23(20)33-3/h4-10,13,18,25,29H,11-12,14-15H2,1-3H3. The van der Waals surface area contributed by atoms with Crippen molar-refractivity contribution in [3.05, 3.63) is 87.2 Å². The molecule has 2 atom stereocenters. The molecule has 2 aromatic rings. The van der Waals surface area contributed by atoms with Crippen molar-refractivity contribution in [2.75, 3.05) is 27.4 Å². The van der Waals surface area contributed by atoms with Crippen molar-refractivity contribution in [3.8, 4) is 5.75 Å². The van der Waals surface area contributed by atoms with Gasteiger partial charge in [-0.1, -0.05) is 41.9 Å². The summed E-state index contributed by atoms with van der Waals surface area (Å²) in [4.78, 5) is 26.8. The lowest BCUT2D eigenvalue weighted by atomic mass is 9.71. The second-order valence-corrected chi connectivity index (χ2v) is 8.88. The summed E-state index contributed by atoms with van der Waals surface area (Å²) < 4.78 is 16.0. The summed E-state index contributed by atoms with van der Waals surface area (Å²) in [5.41, 5.74) is 4.28. The second kappa shape index (κ2) is 10.5. The van der Waals surface area contributed by atoms with Crippen molar-refractivity contribution < 1.29 is 23.8 Å². The molecule has 6 nitrogen and oxygen atoms in total. The van der Waals surface area contributed by atoms with Crippen molar-refractivity contribution in [3.63, 3.8) is 0 Å². The maximum atomic E-state index is 13.6. The number of Topliss-reactive ketones (excluding diaryl/α,β-unsaturated/α-hetero) is 1. The van der Waals surface area contributed by atoms with Crippen LogP contribution >= 0.6 is 11.6 Å². The van der Waals surface area contributed by atoms with Crippen LogP contribution < -0.4 is 10.1 Å². The van der Waals surface area contributed by atoms with E-state index < -0.39 is 11.9 Å². The highest BCUT2D eigenvalue weighted by atomic mass is 35.5. The molecule has 1 heterocycles. The van der Waals surface area contributed by atoms with Crippen LogP contribution in [0.25, 0.3) is 0 Å². The van der Waals surface area contributed by atoms with E-state index in [0.717, 1.165) is 22.6 Å². The van der Waals surface area contributed by atoms with Gasteiger partial charge in [0.15, 0.2) is 5.78 Å². The van der Waals surface area contributed by atoms with Crippen LogP contribution in [0.15, 0.2) is 71.1 Å². The summed E-state index contributed by atoms with van der Waals surface area (Å²) in [6.45, 7) is 2.26. The Morgan fingerprint density at radius 2 is 1.88 bits per heavy atom. The fourth-order valence-electron chi connectivity index (χ4n) is 4.85. The number of rotatable bonds is 7. The maximum absolute atomic E-state index is 13.6. The van der Waals surface area contributed by atoms with Gasteiger partial charge in [0.1, 0.15) is 12.4 Å². The number of halogens is 1. The van der Waals surface area contributed by atoms with Crippen LogP contribution in [-0.4, -0.2) is 39.2 Å². The van der Waals surface area contributed by atoms with E-state index >= 15 is 0 Å². The number of hydrogen-bond donors (Lipinski definition) is 1. The highest BCUT2D eigenvalue weighted by Crippen LogP contribution is 2.47. The molecule has 1 aliphatic heterocycles. The lowest BCUT2D eigenvalue weighted by molar-refractivity contribution is -0.140. The number of carbonyl (C=O) groups excluding carboxylic acids is 2. The molecular weight excluding hydrogens is 454 g/mol. The third-order valence-corrected chi connectivity index (χ3v) is 6.56. The molecule has 2 unspecified atom stereocenters. The molecule has 0 fully saturated rings. The lowest BCUT2D eigenvalue weighted by Gasteiger charge is -2.37. The van der Waals surface area contributed by atoms with Crippen molar-refractivity contribution in [1.29, 1.82) is 0 Å². The molecule has 7 heteroatoms. The fraction of sp³-hybridized carbons (Fsp3) is 0.333. The minimum Gasteiger partial charge on any atom is -0.496 e. The first kappa shape index (κ1) is 24.0. The number of esters is 1. The molecule has 2 aliphatic rings. The van der Waals surface area contributed by atoms with E-state index in [4.69, 9.17) is 25.8 Å². The van der Waals surface area contributed by atoms with Crippen LogP contribution in [0.5, 0.6) is 5.75 Å². The van der Waals surface area contributed by atoms with E-state index in [1.54, 1.807) is 26.4 Å². The Morgan fingerprint density at radius 1 is 1.09 bits per heavy atom. The number of benzene rings is 2. The molecule has 4 rings (SSSR count). The Labute approximate surface area is 204 Å². The highest BCUT2D eigenvalue weighted by Gasteiger charge is 2.41. The molecule has 34 heavy (non-hydrogen) atoms. The first-order valence-corrected chi connectivity index (χ1v) is 11.6. The van der Waals surface area contributed by atoms with Gasteiger partial charge in [0, 0.05) is 47.4 Å². The third-order valence-electron chi connectivity index (χ3n) is 6.33. The van der Waals surface area contributed by atoms with Gasteiger partial charge in [-0.3, -0.25) is 4.79 Å². The van der Waals surface area contributed by atoms with Gasteiger partial charge in [0.05, 0.1) is 19.3 Å². The quantitative estimate of drug-likeness (QED) is 0.448. The number of methoxy groups -OCH3 is 2. The molecule has 2 aromatic carbocycles. The summed E-state index contributed by atoms with van der Waals surface area (Å²) in [5, 5.41) is 3.89. The normalized spacial score (nSPS) is 20.1. The zero-order valence-electron chi connectivity index (χ0n) is 19.5. The van der Waals surface area contributed by atoms with E-state index in [0.29, 0.717) is 41.3 Å². The van der Waals surface area contributed by atoms with Gasteiger partial charge in [-0.05, 0) is 42.7 Å². The minimum atomic E-state index is -0.559. The summed E-state index contributed by atoms with van der Waals surface area (Å²) in [6, 6.07) is 15.1. The van der Waals surface area contributed by atoms with E-state index in [9.17, 15) is 9.59 Å². The number of allylic oxidation sites excluding steroid dienone is 3. The van der Waals surface area contributed by atoms with E-state index in [1.807, 2.05) is 43.3 Å². The summed E-state index contributed by atoms with van der Waals surface area (Å²) >= 11 is 6.30. The topological polar surface area (TPSA) is 73.9 Å². The Bertz CT molecular complexity index is 1170. The van der Waals surface area contributed by atoms with Crippen LogP contribution in [-0.2, 0) is 19.1 Å². The first-order chi connectivity index (χ1) is 16.4. The number of carbonyl (C=O) groups is 2. The highest BCUT2D eigenvalue weighted by molar-refractivity contribution is 6.30. The van der Waals surface area contributed by atoms with Crippen LogP contribution in [0.2, 0.25) is 5.02 Å². The second-order valence-electron chi connectivity index (χ2n) is 8.44. The predicted molar refractivity (Wildman–Crippen MR) is 130 cm³/mol. The number of hydrogen-bond acceptors (Lipinski definition) is 6. The number of para-hydroxylation sites is 1. The van der Waals surface area contributed by atoms with Crippen LogP contribution in [0.1, 0.15) is 42.7 Å². The van der Waals surface area contributed by atoms with Gasteiger partial charge < -0.3 is 19.5 Å². The van der Waals surface area contributed by atoms with Crippen LogP contribution in [0, 0.1) is 0 Å². The molecule has 0 saturated carbocycles. The lowest BCUT2D eigenvalue weighted by Crippen LogP contribution is -2.36. The zero-order valence-corrected chi connectivity index (χ0v) is 20.3. The van der Waals surface area contributed by atoms with Crippen LogP contribution in [0.3, 0.4) is 0 Å². The summed E-state index contributed by atoms with van der Waals surface area (Å²) in [6.07, 6.45) is 0.949. The average molecular weight is 482 g/mol. The third kappa shape index (κ3) is 4.74. The molecular formula is C27H28ClNO5. The maximum Gasteiger partial charge on any atom is 0.336 e. The molecule has 0 radical (unpaired) electrons. The molecule has 0 aromatic heterocycles. The van der Waals surface area contributed by atoms with E-state index in [1.165, 1.54) is 0 Å². The number of ketones is 1. The van der Waals surface area contributed by atoms with Crippen molar-refractivity contribution in [1.82, 2.24) is 5.32 Å². The van der Waals surface area contributed by atoms with Gasteiger partial charge >= 0.3 is 5.97 Å². The SMILES string of the molecule is COCCOC(=O)C1=C(C)NC2=C(C(=O)CC(c3ccccc3OC)C2)C1c1cccc(Cl)c1. The molecule has 1 N–H and O–H groups in total. The Hall–Kier alpha value is -3.09. The average Bonchev–Trinajstić information content (AvgIpc) is 2.83. The number of nitrogens with one attached hydrogen (secondary N) is 1. The van der Waals surface area contributed by atoms with Gasteiger partial charge in [-0.25, -0.2) is 4.79 Å². The Morgan fingerprint density at radius 3 is 2.62 bits per heavy atom. The largest absolute Gasteiger partial charge is 0.496 e. The van der Waals surface area contributed by atoms with Crippen molar-refractivity contribution >= 4 is 23.4 Å². The van der Waals surface area contributed by atoms with Gasteiger partial charge in [-0.15, -0.1) is 0 Å². The van der Waals surface area contributed by atoms with Crippen molar-refractivity contribution in [2.45, 2.75) is 31.6 Å². The van der Waals surface area contributed by atoms with Gasteiger partial charge in [0.25, 0.3) is 0 Å². The number of ether oxygens (including phenoxy) is 3. The minimum absolute atomic E-state index is 0.00989. The molecule has 0 spiro atoms. The monoisotopic (exact) mass is 481 g/mol. The first-order valence-electron chi connectivity index (χ1n) is 11.2. The summed E-state index contributed by atoms with van der Waals surface area (Å²) in [5.74, 6) is -0.308. The molecule has 178 valence electrons. The predicted octanol–water partition coefficient (Wildman–Crippen LogP) is 4.90. The van der Waals surface area contributed by atoms with Crippen molar-refractivity contribution in [2.24, 2.45) is 0 Å². The van der Waals surface area contributed by atoms with E-state index in [2.05, 4.69) is 5.32 Å². The molecule has 0 saturated heterocycles. The number of dihydropyridines is 1. The molecule has 0 bridgehead atoms. The van der Waals surface area contributed by atoms with Crippen LogP contribution in [0.4, 0.5) is 0 Å². The smallest absolute Gasteiger partial charge is 0.336 e. The molecule has 0 amide bonds. The van der Waals surface area contributed by atoms with E-state index in [-0.39, 0.29) is 18.3 Å². The van der Waals surface area contributed by atoms with Gasteiger partial charge in [0.2, 0.25) is 0 Å². The zero-order chi connectivity index (χ0) is 24.2.